The molecule has 0 aromatic carbocycles. The summed E-state index contributed by atoms with van der Waals surface area (Å²) in [6, 6.07) is 0. The predicted molar refractivity (Wildman–Crippen MR) is 47.1 cm³/mol. The van der Waals surface area contributed by atoms with Crippen molar-refractivity contribution in [1.82, 2.24) is 9.55 Å². The Hall–Kier alpha value is -1.38. The first-order chi connectivity index (χ1) is 5.54. The molecule has 0 aliphatic carbocycles. The van der Waals surface area contributed by atoms with Crippen molar-refractivity contribution >= 4 is 5.78 Å². The van der Waals surface area contributed by atoms with E-state index >= 15 is 0 Å². The minimum Gasteiger partial charge on any atom is -0.329 e. The molecule has 0 unspecified atom stereocenters. The predicted octanol–water partition coefficient (Wildman–Crippen LogP) is 1.49. The zero-order valence-electron chi connectivity index (χ0n) is 7.59. The highest BCUT2D eigenvalue weighted by atomic mass is 16.1. The van der Waals surface area contributed by atoms with Crippen LogP contribution in [0, 0.1) is 6.92 Å². The first-order valence-corrected chi connectivity index (χ1v) is 3.72. The van der Waals surface area contributed by atoms with Gasteiger partial charge in [-0.25, -0.2) is 4.98 Å². The quantitative estimate of drug-likeness (QED) is 0.490. The number of ketones is 1. The molecule has 1 aromatic heterocycles. The number of carbonyl (C=O) groups excluding carboxylic acids is 1. The molecule has 64 valence electrons. The summed E-state index contributed by atoms with van der Waals surface area (Å²) in [7, 11) is 1.82. The molecule has 0 atom stereocenters. The molecular weight excluding hydrogens is 152 g/mol. The van der Waals surface area contributed by atoms with Gasteiger partial charge in [0.15, 0.2) is 0 Å². The number of aromatic nitrogens is 2. The molecule has 0 fully saturated rings. The minimum absolute atomic E-state index is 0.0434. The number of Topliss-reactive ketones (excluding diaryl/α,β-unsaturated/α-hetero) is 1. The SMILES string of the molecule is C=C(C)C(=O)c1cnc(C)n1C. The third-order valence-electron chi connectivity index (χ3n) is 1.84. The van der Waals surface area contributed by atoms with Gasteiger partial charge in [0.25, 0.3) is 0 Å². The Morgan fingerprint density at radius 1 is 1.67 bits per heavy atom. The van der Waals surface area contributed by atoms with Gasteiger partial charge in [0.05, 0.1) is 6.20 Å². The molecule has 0 radical (unpaired) electrons. The van der Waals surface area contributed by atoms with Crippen LogP contribution in [0.1, 0.15) is 23.2 Å². The van der Waals surface area contributed by atoms with Crippen LogP contribution in [-0.2, 0) is 7.05 Å². The molecule has 0 amide bonds. The van der Waals surface area contributed by atoms with Crippen LogP contribution in [0.25, 0.3) is 0 Å². The van der Waals surface area contributed by atoms with Crippen LogP contribution in [0.2, 0.25) is 0 Å². The van der Waals surface area contributed by atoms with Crippen molar-refractivity contribution in [1.29, 1.82) is 0 Å². The van der Waals surface area contributed by atoms with Gasteiger partial charge in [-0.1, -0.05) is 6.58 Å². The molecular formula is C9H12N2O. The first-order valence-electron chi connectivity index (χ1n) is 3.72. The van der Waals surface area contributed by atoms with Crippen LogP contribution < -0.4 is 0 Å². The van der Waals surface area contributed by atoms with Gasteiger partial charge in [-0.2, -0.15) is 0 Å². The Morgan fingerprint density at radius 2 is 2.25 bits per heavy atom. The molecule has 1 heterocycles. The highest BCUT2D eigenvalue weighted by molar-refractivity contribution is 6.06. The van der Waals surface area contributed by atoms with E-state index in [1.54, 1.807) is 17.7 Å². The molecule has 0 aliphatic heterocycles. The fourth-order valence-electron chi connectivity index (χ4n) is 0.932. The number of allylic oxidation sites excluding steroid dienone is 1. The Kier molecular flexibility index (Phi) is 2.13. The third kappa shape index (κ3) is 1.30. The van der Waals surface area contributed by atoms with E-state index < -0.39 is 0 Å². The Bertz CT molecular complexity index is 336. The summed E-state index contributed by atoms with van der Waals surface area (Å²) in [6.07, 6.45) is 1.58. The lowest BCUT2D eigenvalue weighted by Gasteiger charge is -2.00. The second-order valence-electron chi connectivity index (χ2n) is 2.86. The molecule has 12 heavy (non-hydrogen) atoms. The first kappa shape index (κ1) is 8.71. The van der Waals surface area contributed by atoms with Crippen molar-refractivity contribution in [2.75, 3.05) is 0 Å². The molecule has 3 nitrogen and oxygen atoms in total. The number of aryl methyl sites for hydroxylation is 1. The Labute approximate surface area is 71.7 Å². The van der Waals surface area contributed by atoms with Crippen molar-refractivity contribution in [3.05, 3.63) is 29.9 Å². The fraction of sp³-hybridized carbons (Fsp3) is 0.333. The van der Waals surface area contributed by atoms with E-state index in [1.165, 1.54) is 0 Å². The van der Waals surface area contributed by atoms with Gasteiger partial charge in [-0.05, 0) is 19.4 Å². The average molecular weight is 164 g/mol. The van der Waals surface area contributed by atoms with E-state index in [1.807, 2.05) is 14.0 Å². The van der Waals surface area contributed by atoms with E-state index in [-0.39, 0.29) is 5.78 Å². The molecule has 1 aromatic rings. The second kappa shape index (κ2) is 2.93. The highest BCUT2D eigenvalue weighted by Crippen LogP contribution is 2.06. The number of imidazole rings is 1. The third-order valence-corrected chi connectivity index (χ3v) is 1.84. The van der Waals surface area contributed by atoms with Crippen LogP contribution in [0.3, 0.4) is 0 Å². The molecule has 0 N–H and O–H groups in total. The Morgan fingerprint density at radius 3 is 2.58 bits per heavy atom. The standard InChI is InChI=1S/C9H12N2O/c1-6(2)9(12)8-5-10-7(3)11(8)4/h5H,1H2,2-4H3. The summed E-state index contributed by atoms with van der Waals surface area (Å²) < 4.78 is 1.76. The van der Waals surface area contributed by atoms with Crippen LogP contribution in [0.5, 0.6) is 0 Å². The van der Waals surface area contributed by atoms with Gasteiger partial charge in [0.1, 0.15) is 11.5 Å². The van der Waals surface area contributed by atoms with Gasteiger partial charge in [-0.15, -0.1) is 0 Å². The number of hydrogen-bond acceptors (Lipinski definition) is 2. The largest absolute Gasteiger partial charge is 0.329 e. The topological polar surface area (TPSA) is 34.9 Å². The number of hydrogen-bond donors (Lipinski definition) is 0. The van der Waals surface area contributed by atoms with Crippen LogP contribution >= 0.6 is 0 Å². The smallest absolute Gasteiger partial charge is 0.206 e. The van der Waals surface area contributed by atoms with Crippen LogP contribution in [0.4, 0.5) is 0 Å². The summed E-state index contributed by atoms with van der Waals surface area (Å²) >= 11 is 0. The monoisotopic (exact) mass is 164 g/mol. The van der Waals surface area contributed by atoms with Gasteiger partial charge >= 0.3 is 0 Å². The molecule has 0 saturated heterocycles. The second-order valence-corrected chi connectivity index (χ2v) is 2.86. The summed E-state index contributed by atoms with van der Waals surface area (Å²) in [5.41, 5.74) is 1.14. The fourth-order valence-corrected chi connectivity index (χ4v) is 0.932. The summed E-state index contributed by atoms with van der Waals surface area (Å²) in [4.78, 5) is 15.4. The highest BCUT2D eigenvalue weighted by Gasteiger charge is 2.11. The van der Waals surface area contributed by atoms with E-state index in [0.717, 1.165) is 5.82 Å². The Balaban J connectivity index is 3.12. The van der Waals surface area contributed by atoms with E-state index in [2.05, 4.69) is 11.6 Å². The molecule has 3 heteroatoms. The maximum Gasteiger partial charge on any atom is 0.206 e. The van der Waals surface area contributed by atoms with Gasteiger partial charge in [0.2, 0.25) is 5.78 Å². The van der Waals surface area contributed by atoms with Crippen LogP contribution in [-0.4, -0.2) is 15.3 Å². The van der Waals surface area contributed by atoms with Crippen LogP contribution in [0.15, 0.2) is 18.3 Å². The zero-order chi connectivity index (χ0) is 9.30. The van der Waals surface area contributed by atoms with Gasteiger partial charge < -0.3 is 4.57 Å². The number of rotatable bonds is 2. The van der Waals surface area contributed by atoms with E-state index in [9.17, 15) is 4.79 Å². The minimum atomic E-state index is -0.0434. The summed E-state index contributed by atoms with van der Waals surface area (Å²) in [5.74, 6) is 0.790. The number of carbonyl (C=O) groups is 1. The molecule has 0 saturated carbocycles. The average Bonchev–Trinajstić information content (AvgIpc) is 2.32. The van der Waals surface area contributed by atoms with Gasteiger partial charge in [-0.3, -0.25) is 4.79 Å². The van der Waals surface area contributed by atoms with Crippen molar-refractivity contribution in [3.63, 3.8) is 0 Å². The summed E-state index contributed by atoms with van der Waals surface area (Å²) in [5, 5.41) is 0. The zero-order valence-corrected chi connectivity index (χ0v) is 7.59. The molecule has 0 aliphatic rings. The lowest BCUT2D eigenvalue weighted by Crippen LogP contribution is -2.06. The molecule has 0 bridgehead atoms. The maximum absolute atomic E-state index is 11.4. The molecule has 1 rings (SSSR count). The maximum atomic E-state index is 11.4. The van der Waals surface area contributed by atoms with E-state index in [0.29, 0.717) is 11.3 Å². The molecule has 0 spiro atoms. The van der Waals surface area contributed by atoms with Crippen molar-refractivity contribution in [2.45, 2.75) is 13.8 Å². The van der Waals surface area contributed by atoms with Gasteiger partial charge in [0, 0.05) is 7.05 Å². The van der Waals surface area contributed by atoms with Crippen molar-refractivity contribution in [3.8, 4) is 0 Å². The lowest BCUT2D eigenvalue weighted by atomic mass is 10.2. The number of nitrogens with zero attached hydrogens (tertiary/aromatic N) is 2. The van der Waals surface area contributed by atoms with Crippen molar-refractivity contribution in [2.24, 2.45) is 7.05 Å². The van der Waals surface area contributed by atoms with E-state index in [4.69, 9.17) is 0 Å². The van der Waals surface area contributed by atoms with Crippen molar-refractivity contribution < 1.29 is 4.79 Å². The summed E-state index contributed by atoms with van der Waals surface area (Å²) in [6.45, 7) is 7.15. The normalized spacial score (nSPS) is 9.92. The lowest BCUT2D eigenvalue weighted by molar-refractivity contribution is 0.102.